The van der Waals surface area contributed by atoms with E-state index in [1.54, 1.807) is 0 Å². The van der Waals surface area contributed by atoms with Gasteiger partial charge >= 0.3 is 0 Å². The first kappa shape index (κ1) is 16.7. The highest BCUT2D eigenvalue weighted by Crippen LogP contribution is 2.48. The molecule has 2 aromatic rings. The van der Waals surface area contributed by atoms with Crippen molar-refractivity contribution in [2.45, 2.75) is 50.2 Å². The Hall–Kier alpha value is -1.74. The molecule has 2 atom stereocenters. The topological polar surface area (TPSA) is 9.23 Å². The summed E-state index contributed by atoms with van der Waals surface area (Å²) < 4.78 is 33.6. The summed E-state index contributed by atoms with van der Waals surface area (Å²) in [5, 5.41) is 0. The molecule has 0 radical (unpaired) electrons. The zero-order chi connectivity index (χ0) is 17.2. The normalized spacial score (nSPS) is 30.8. The number of halogens is 2. The summed E-state index contributed by atoms with van der Waals surface area (Å²) in [5.41, 5.74) is 2.19. The second kappa shape index (κ2) is 7.25. The van der Waals surface area contributed by atoms with Crippen LogP contribution in [0.5, 0.6) is 0 Å². The standard InChI is InChI=1S/C22H24F2O/c23-19-11-17(12-19)21(15-7-3-1-4-8-15)25-22(18-13-20(24)14-18)16-9-5-2-6-10-16/h1-10,17-22H,11-14H2/t17-,18-,19-,20-,21?,22?. The van der Waals surface area contributed by atoms with Crippen molar-refractivity contribution in [1.82, 2.24) is 0 Å². The molecule has 0 aromatic heterocycles. The SMILES string of the molecule is F[C@H]1C[C@H](C(OC(c2ccccc2)[C@H]2C[C@H](F)C2)c2ccccc2)C1. The third-order valence-corrected chi connectivity index (χ3v) is 5.64. The first-order valence-electron chi connectivity index (χ1n) is 9.24. The predicted octanol–water partition coefficient (Wildman–Crippen LogP) is 5.98. The van der Waals surface area contributed by atoms with Gasteiger partial charge in [-0.05, 0) is 48.6 Å². The molecule has 0 heterocycles. The molecular weight excluding hydrogens is 318 g/mol. The van der Waals surface area contributed by atoms with Crippen LogP contribution in [0.2, 0.25) is 0 Å². The molecule has 2 aromatic carbocycles. The van der Waals surface area contributed by atoms with Crippen LogP contribution in [-0.2, 0) is 4.74 Å². The highest BCUT2D eigenvalue weighted by molar-refractivity contribution is 5.22. The molecular formula is C22H24F2O. The van der Waals surface area contributed by atoms with E-state index in [0.717, 1.165) is 11.1 Å². The fourth-order valence-corrected chi connectivity index (χ4v) is 4.04. The van der Waals surface area contributed by atoms with Crippen molar-refractivity contribution in [3.63, 3.8) is 0 Å². The van der Waals surface area contributed by atoms with E-state index in [0.29, 0.717) is 25.7 Å². The summed E-state index contributed by atoms with van der Waals surface area (Å²) in [6, 6.07) is 20.2. The summed E-state index contributed by atoms with van der Waals surface area (Å²) in [7, 11) is 0. The highest BCUT2D eigenvalue weighted by atomic mass is 19.1. The summed E-state index contributed by atoms with van der Waals surface area (Å²) in [6.07, 6.45) is 0.529. The van der Waals surface area contributed by atoms with Crippen LogP contribution in [-0.4, -0.2) is 12.3 Å². The van der Waals surface area contributed by atoms with Gasteiger partial charge in [0.15, 0.2) is 0 Å². The first-order chi connectivity index (χ1) is 12.2. The Balaban J connectivity index is 1.59. The van der Waals surface area contributed by atoms with Crippen LogP contribution in [0.15, 0.2) is 60.7 Å². The Bertz CT molecular complexity index is 603. The van der Waals surface area contributed by atoms with Crippen molar-refractivity contribution in [3.8, 4) is 0 Å². The van der Waals surface area contributed by atoms with E-state index in [1.807, 2.05) is 36.4 Å². The number of hydrogen-bond acceptors (Lipinski definition) is 1. The lowest BCUT2D eigenvalue weighted by molar-refractivity contribution is -0.124. The number of hydrogen-bond donors (Lipinski definition) is 0. The van der Waals surface area contributed by atoms with Crippen molar-refractivity contribution >= 4 is 0 Å². The Morgan fingerprint density at radius 2 is 1.00 bits per heavy atom. The van der Waals surface area contributed by atoms with Gasteiger partial charge in [-0.15, -0.1) is 0 Å². The minimum absolute atomic E-state index is 0.128. The van der Waals surface area contributed by atoms with E-state index in [2.05, 4.69) is 24.3 Å². The third-order valence-electron chi connectivity index (χ3n) is 5.64. The van der Waals surface area contributed by atoms with Crippen LogP contribution in [0, 0.1) is 11.8 Å². The number of alkyl halides is 2. The minimum Gasteiger partial charge on any atom is -0.365 e. The number of benzene rings is 2. The third kappa shape index (κ3) is 3.62. The van der Waals surface area contributed by atoms with Crippen molar-refractivity contribution in [2.75, 3.05) is 0 Å². The van der Waals surface area contributed by atoms with Gasteiger partial charge in [0.05, 0.1) is 12.2 Å². The zero-order valence-corrected chi connectivity index (χ0v) is 14.2. The maximum absolute atomic E-state index is 13.5. The fraction of sp³-hybridized carbons (Fsp3) is 0.455. The first-order valence-corrected chi connectivity index (χ1v) is 9.24. The number of ether oxygens (including phenoxy) is 1. The van der Waals surface area contributed by atoms with Gasteiger partial charge in [0.1, 0.15) is 12.3 Å². The van der Waals surface area contributed by atoms with Gasteiger partial charge in [-0.25, -0.2) is 8.78 Å². The molecule has 0 saturated heterocycles. The van der Waals surface area contributed by atoms with Gasteiger partial charge in [0.2, 0.25) is 0 Å². The monoisotopic (exact) mass is 342 g/mol. The Morgan fingerprint density at radius 1 is 0.640 bits per heavy atom. The fourth-order valence-electron chi connectivity index (χ4n) is 4.04. The largest absolute Gasteiger partial charge is 0.365 e. The Morgan fingerprint density at radius 3 is 1.32 bits per heavy atom. The average Bonchev–Trinajstić information content (AvgIpc) is 2.60. The second-order valence-electron chi connectivity index (χ2n) is 7.46. The zero-order valence-electron chi connectivity index (χ0n) is 14.2. The van der Waals surface area contributed by atoms with Crippen LogP contribution in [0.25, 0.3) is 0 Å². The number of rotatable bonds is 6. The van der Waals surface area contributed by atoms with Crippen molar-refractivity contribution < 1.29 is 13.5 Å². The summed E-state index contributed by atoms with van der Waals surface area (Å²) in [4.78, 5) is 0. The molecule has 2 saturated carbocycles. The molecule has 0 amide bonds. The molecule has 2 aliphatic carbocycles. The van der Waals surface area contributed by atoms with Gasteiger partial charge in [-0.3, -0.25) is 0 Å². The van der Waals surface area contributed by atoms with E-state index in [4.69, 9.17) is 4.74 Å². The Kier molecular flexibility index (Phi) is 4.85. The van der Waals surface area contributed by atoms with Crippen molar-refractivity contribution in [3.05, 3.63) is 71.8 Å². The van der Waals surface area contributed by atoms with E-state index in [9.17, 15) is 8.78 Å². The lowest BCUT2D eigenvalue weighted by Gasteiger charge is -2.42. The van der Waals surface area contributed by atoms with Crippen molar-refractivity contribution in [1.29, 1.82) is 0 Å². The molecule has 132 valence electrons. The van der Waals surface area contributed by atoms with Gasteiger partial charge in [-0.2, -0.15) is 0 Å². The summed E-state index contributed by atoms with van der Waals surface area (Å²) in [6.45, 7) is 0. The van der Waals surface area contributed by atoms with Crippen LogP contribution in [0.1, 0.15) is 49.0 Å². The van der Waals surface area contributed by atoms with E-state index in [-0.39, 0.29) is 24.0 Å². The second-order valence-corrected chi connectivity index (χ2v) is 7.46. The molecule has 2 unspecified atom stereocenters. The molecule has 0 spiro atoms. The van der Waals surface area contributed by atoms with E-state index >= 15 is 0 Å². The lowest BCUT2D eigenvalue weighted by atomic mass is 9.75. The molecule has 0 aliphatic heterocycles. The molecule has 2 fully saturated rings. The molecule has 4 rings (SSSR count). The minimum atomic E-state index is -0.714. The van der Waals surface area contributed by atoms with Gasteiger partial charge in [0, 0.05) is 0 Å². The molecule has 0 bridgehead atoms. The van der Waals surface area contributed by atoms with Gasteiger partial charge in [0.25, 0.3) is 0 Å². The Labute approximate surface area is 148 Å². The van der Waals surface area contributed by atoms with Crippen molar-refractivity contribution in [2.24, 2.45) is 11.8 Å². The summed E-state index contributed by atoms with van der Waals surface area (Å²) in [5.74, 6) is 0.398. The van der Waals surface area contributed by atoms with Crippen LogP contribution >= 0.6 is 0 Å². The van der Waals surface area contributed by atoms with Crippen LogP contribution < -0.4 is 0 Å². The van der Waals surface area contributed by atoms with Gasteiger partial charge < -0.3 is 4.74 Å². The summed E-state index contributed by atoms with van der Waals surface area (Å²) >= 11 is 0. The maximum Gasteiger partial charge on any atom is 0.101 e. The highest BCUT2D eigenvalue weighted by Gasteiger charge is 2.42. The van der Waals surface area contributed by atoms with Gasteiger partial charge in [-0.1, -0.05) is 60.7 Å². The molecule has 3 heteroatoms. The van der Waals surface area contributed by atoms with E-state index in [1.165, 1.54) is 0 Å². The van der Waals surface area contributed by atoms with Crippen LogP contribution in [0.3, 0.4) is 0 Å². The maximum atomic E-state index is 13.5. The molecule has 2 aliphatic rings. The predicted molar refractivity (Wildman–Crippen MR) is 94.7 cm³/mol. The molecule has 25 heavy (non-hydrogen) atoms. The lowest BCUT2D eigenvalue weighted by Crippen LogP contribution is -2.36. The van der Waals surface area contributed by atoms with Crippen LogP contribution in [0.4, 0.5) is 8.78 Å². The average molecular weight is 342 g/mol. The molecule has 0 N–H and O–H groups in total. The van der Waals surface area contributed by atoms with E-state index < -0.39 is 12.3 Å². The smallest absolute Gasteiger partial charge is 0.101 e. The quantitative estimate of drug-likeness (QED) is 0.627. The molecule has 1 nitrogen and oxygen atoms in total.